The van der Waals surface area contributed by atoms with Gasteiger partial charge in [0, 0.05) is 10.5 Å². The van der Waals surface area contributed by atoms with Crippen LogP contribution in [0.5, 0.6) is 0 Å². The average molecular weight is 489 g/mol. The van der Waals surface area contributed by atoms with Gasteiger partial charge in [-0.05, 0) is 49.3 Å². The third-order valence-corrected chi connectivity index (χ3v) is 8.15. The van der Waals surface area contributed by atoms with Gasteiger partial charge in [0.2, 0.25) is 0 Å². The van der Waals surface area contributed by atoms with Crippen molar-refractivity contribution in [2.75, 3.05) is 26.7 Å². The highest BCUT2D eigenvalue weighted by Gasteiger charge is 2.27. The third-order valence-electron chi connectivity index (χ3n) is 6.08. The number of ether oxygens (including phenoxy) is 2. The molecule has 0 radical (unpaired) electrons. The largest absolute Gasteiger partial charge is 0.469 e. The molecule has 0 heterocycles. The van der Waals surface area contributed by atoms with Crippen molar-refractivity contribution in [3.8, 4) is 0 Å². The predicted molar refractivity (Wildman–Crippen MR) is 139 cm³/mol. The van der Waals surface area contributed by atoms with E-state index in [4.69, 9.17) is 9.47 Å². The van der Waals surface area contributed by atoms with Gasteiger partial charge >= 0.3 is 11.9 Å². The summed E-state index contributed by atoms with van der Waals surface area (Å²) in [6.07, 6.45) is 7.75. The number of methoxy groups -OCH3 is 2. The van der Waals surface area contributed by atoms with Crippen molar-refractivity contribution in [3.05, 3.63) is 71.8 Å². The van der Waals surface area contributed by atoms with Crippen LogP contribution in [0.4, 0.5) is 0 Å². The van der Waals surface area contributed by atoms with Gasteiger partial charge in [-0.15, -0.1) is 0 Å². The van der Waals surface area contributed by atoms with Crippen molar-refractivity contribution in [1.82, 2.24) is 0 Å². The van der Waals surface area contributed by atoms with Gasteiger partial charge < -0.3 is 9.47 Å². The van der Waals surface area contributed by atoms with Crippen LogP contribution in [0.1, 0.15) is 53.7 Å². The number of thioether (sulfide) groups is 2. The molecule has 4 unspecified atom stereocenters. The van der Waals surface area contributed by atoms with Gasteiger partial charge in [0.15, 0.2) is 0 Å². The molecule has 0 N–H and O–H groups in total. The monoisotopic (exact) mass is 488 g/mol. The Morgan fingerprint density at radius 1 is 0.697 bits per heavy atom. The van der Waals surface area contributed by atoms with E-state index in [1.165, 1.54) is 25.3 Å². The second kappa shape index (κ2) is 15.1. The standard InChI is InChI=1S/C27H36O4S2/c1-30-26(28)22(18-24(32-3)20-12-7-5-8-13-20)16-11-17-23(27(29)31-2)19-25(33-4)21-14-9-6-10-15-21/h5-10,12-15,22-25H,11,16-19H2,1-4H3. The Kier molecular flexibility index (Phi) is 12.5. The van der Waals surface area contributed by atoms with E-state index in [-0.39, 0.29) is 34.3 Å². The van der Waals surface area contributed by atoms with Crippen molar-refractivity contribution in [2.45, 2.75) is 42.6 Å². The second-order valence-corrected chi connectivity index (χ2v) is 10.2. The molecule has 33 heavy (non-hydrogen) atoms. The Balaban J connectivity index is 2.03. The zero-order valence-electron chi connectivity index (χ0n) is 20.1. The Labute approximate surface area is 207 Å². The fourth-order valence-electron chi connectivity index (χ4n) is 4.20. The summed E-state index contributed by atoms with van der Waals surface area (Å²) in [4.78, 5) is 25.1. The van der Waals surface area contributed by atoms with Crippen LogP contribution >= 0.6 is 23.5 Å². The van der Waals surface area contributed by atoms with Crippen molar-refractivity contribution in [1.29, 1.82) is 0 Å². The molecule has 0 aliphatic rings. The molecule has 0 fully saturated rings. The first-order valence-electron chi connectivity index (χ1n) is 11.3. The maximum absolute atomic E-state index is 12.5. The topological polar surface area (TPSA) is 52.6 Å². The molecule has 180 valence electrons. The maximum Gasteiger partial charge on any atom is 0.308 e. The highest BCUT2D eigenvalue weighted by molar-refractivity contribution is 7.99. The summed E-state index contributed by atoms with van der Waals surface area (Å²) in [5.74, 6) is -0.746. The molecule has 0 saturated heterocycles. The number of esters is 2. The van der Waals surface area contributed by atoms with Crippen LogP contribution in [0, 0.1) is 11.8 Å². The Morgan fingerprint density at radius 3 is 1.36 bits per heavy atom. The summed E-state index contributed by atoms with van der Waals surface area (Å²) >= 11 is 3.50. The van der Waals surface area contributed by atoms with Crippen molar-refractivity contribution in [3.63, 3.8) is 0 Å². The zero-order valence-corrected chi connectivity index (χ0v) is 21.7. The summed E-state index contributed by atoms with van der Waals surface area (Å²) in [7, 11) is 2.90. The molecule has 0 aliphatic heterocycles. The zero-order chi connectivity index (χ0) is 24.1. The van der Waals surface area contributed by atoms with E-state index >= 15 is 0 Å². The van der Waals surface area contributed by atoms with Crippen LogP contribution < -0.4 is 0 Å². The van der Waals surface area contributed by atoms with Crippen molar-refractivity contribution < 1.29 is 19.1 Å². The number of hydrogen-bond acceptors (Lipinski definition) is 6. The molecule has 2 rings (SSSR count). The third kappa shape index (κ3) is 8.74. The van der Waals surface area contributed by atoms with Gasteiger partial charge in [-0.2, -0.15) is 23.5 Å². The molecule has 2 aromatic rings. The molecule has 0 aliphatic carbocycles. The van der Waals surface area contributed by atoms with E-state index in [1.54, 1.807) is 23.5 Å². The van der Waals surface area contributed by atoms with Gasteiger partial charge in [0.25, 0.3) is 0 Å². The van der Waals surface area contributed by atoms with Crippen LogP contribution in [-0.4, -0.2) is 38.7 Å². The van der Waals surface area contributed by atoms with E-state index < -0.39 is 0 Å². The number of carbonyl (C=O) groups is 2. The molecule has 0 aromatic heterocycles. The first-order valence-corrected chi connectivity index (χ1v) is 13.9. The first kappa shape index (κ1) is 27.3. The molecule has 0 spiro atoms. The summed E-state index contributed by atoms with van der Waals surface area (Å²) in [6.45, 7) is 0. The lowest BCUT2D eigenvalue weighted by atomic mass is 9.89. The maximum atomic E-state index is 12.5. The first-order chi connectivity index (χ1) is 16.0. The molecule has 6 heteroatoms. The molecule has 0 amide bonds. The quantitative estimate of drug-likeness (QED) is 0.275. The fraction of sp³-hybridized carbons (Fsp3) is 0.481. The smallest absolute Gasteiger partial charge is 0.308 e. The Bertz CT molecular complexity index is 759. The van der Waals surface area contributed by atoms with E-state index in [1.807, 2.05) is 36.4 Å². The van der Waals surface area contributed by atoms with Gasteiger partial charge in [-0.1, -0.05) is 67.1 Å². The number of rotatable bonds is 14. The van der Waals surface area contributed by atoms with Crippen LogP contribution in [0.15, 0.2) is 60.7 Å². The van der Waals surface area contributed by atoms with Crippen LogP contribution in [0.25, 0.3) is 0 Å². The molecule has 4 atom stereocenters. The minimum absolute atomic E-state index is 0.175. The van der Waals surface area contributed by atoms with Crippen LogP contribution in [0.3, 0.4) is 0 Å². The van der Waals surface area contributed by atoms with E-state index in [2.05, 4.69) is 36.8 Å². The lowest BCUT2D eigenvalue weighted by Gasteiger charge is -2.23. The number of benzene rings is 2. The molecular formula is C27H36O4S2. The van der Waals surface area contributed by atoms with Crippen molar-refractivity contribution in [2.24, 2.45) is 11.8 Å². The molecule has 2 aromatic carbocycles. The van der Waals surface area contributed by atoms with Crippen LogP contribution in [-0.2, 0) is 19.1 Å². The van der Waals surface area contributed by atoms with Gasteiger partial charge in [-0.3, -0.25) is 9.59 Å². The lowest BCUT2D eigenvalue weighted by Crippen LogP contribution is -2.21. The SMILES string of the molecule is COC(=O)C(CCCC(CC(SC)c1ccccc1)C(=O)OC)CC(SC)c1ccccc1. The highest BCUT2D eigenvalue weighted by atomic mass is 32.2. The minimum Gasteiger partial charge on any atom is -0.469 e. The summed E-state index contributed by atoms with van der Waals surface area (Å²) in [5.41, 5.74) is 2.44. The normalized spacial score (nSPS) is 14.7. The second-order valence-electron chi connectivity index (χ2n) is 8.11. The Morgan fingerprint density at radius 2 is 1.06 bits per heavy atom. The van der Waals surface area contributed by atoms with E-state index in [0.29, 0.717) is 12.8 Å². The summed E-state index contributed by atoms with van der Waals surface area (Å²) < 4.78 is 10.2. The summed E-state index contributed by atoms with van der Waals surface area (Å²) in [5, 5.41) is 0.455. The molecular weight excluding hydrogens is 452 g/mol. The number of carbonyl (C=O) groups excluding carboxylic acids is 2. The lowest BCUT2D eigenvalue weighted by molar-refractivity contribution is -0.146. The van der Waals surface area contributed by atoms with E-state index in [0.717, 1.165) is 19.3 Å². The Hall–Kier alpha value is -1.92. The van der Waals surface area contributed by atoms with E-state index in [9.17, 15) is 9.59 Å². The molecule has 0 bridgehead atoms. The minimum atomic E-state index is -0.198. The van der Waals surface area contributed by atoms with Crippen LogP contribution in [0.2, 0.25) is 0 Å². The van der Waals surface area contributed by atoms with Crippen molar-refractivity contribution >= 4 is 35.5 Å². The fourth-order valence-corrected chi connectivity index (χ4v) is 5.90. The average Bonchev–Trinajstić information content (AvgIpc) is 2.88. The highest BCUT2D eigenvalue weighted by Crippen LogP contribution is 2.37. The summed E-state index contributed by atoms with van der Waals surface area (Å²) in [6, 6.07) is 20.5. The number of hydrogen-bond donors (Lipinski definition) is 0. The molecule has 0 saturated carbocycles. The van der Waals surface area contributed by atoms with Gasteiger partial charge in [-0.25, -0.2) is 0 Å². The van der Waals surface area contributed by atoms with Gasteiger partial charge in [0.1, 0.15) is 0 Å². The van der Waals surface area contributed by atoms with Gasteiger partial charge in [0.05, 0.1) is 26.1 Å². The predicted octanol–water partition coefficient (Wildman–Crippen LogP) is 6.72. The molecule has 4 nitrogen and oxygen atoms in total.